The molecule has 2 atom stereocenters. The largest absolute Gasteiger partial charge is 0.465 e. The molecule has 4 heterocycles. The number of urea groups is 1. The third kappa shape index (κ3) is 4.43. The number of nitrogens with zero attached hydrogens (tertiary/aromatic N) is 6. The molecule has 5 rings (SSSR count). The number of hydrogen-bond donors (Lipinski definition) is 2. The summed E-state index contributed by atoms with van der Waals surface area (Å²) in [5.41, 5.74) is 1.65. The topological polar surface area (TPSA) is 106 Å². The fourth-order valence-corrected chi connectivity index (χ4v) is 5.11. The summed E-state index contributed by atoms with van der Waals surface area (Å²) < 4.78 is 15.5. The maximum atomic E-state index is 13.9. The second kappa shape index (κ2) is 9.21. The maximum Gasteiger partial charge on any atom is 0.407 e. The molecule has 2 aromatic heterocycles. The Morgan fingerprint density at radius 2 is 2.06 bits per heavy atom. The average molecular weight is 502 g/mol. The third-order valence-corrected chi connectivity index (χ3v) is 6.96. The molecule has 3 amide bonds. The van der Waals surface area contributed by atoms with Gasteiger partial charge in [0.05, 0.1) is 12.2 Å². The lowest BCUT2D eigenvalue weighted by molar-refractivity contribution is 0.0868. The van der Waals surface area contributed by atoms with Gasteiger partial charge in [0.15, 0.2) is 5.65 Å². The zero-order valence-electron chi connectivity index (χ0n) is 19.1. The van der Waals surface area contributed by atoms with Crippen molar-refractivity contribution in [2.75, 3.05) is 36.4 Å². The van der Waals surface area contributed by atoms with E-state index in [1.807, 2.05) is 6.07 Å². The molecule has 1 aromatic carbocycles. The quantitative estimate of drug-likeness (QED) is 0.560. The lowest BCUT2D eigenvalue weighted by Crippen LogP contribution is -2.55. The molecule has 0 bridgehead atoms. The highest BCUT2D eigenvalue weighted by Gasteiger charge is 2.31. The lowest BCUT2D eigenvalue weighted by atomic mass is 10.0. The van der Waals surface area contributed by atoms with Gasteiger partial charge in [0.2, 0.25) is 0 Å². The summed E-state index contributed by atoms with van der Waals surface area (Å²) in [6, 6.07) is 5.47. The predicted molar refractivity (Wildman–Crippen MR) is 129 cm³/mol. The molecule has 2 fully saturated rings. The van der Waals surface area contributed by atoms with Crippen molar-refractivity contribution in [2.45, 2.75) is 31.8 Å². The van der Waals surface area contributed by atoms with Gasteiger partial charge in [0, 0.05) is 43.4 Å². The summed E-state index contributed by atoms with van der Waals surface area (Å²) >= 11 is 6.38. The standard InChI is InChI=1S/C23H25ClFN7O3/c1-14-13-29(9-10-30(14)23(34)35)22(33)27-18-12-26-32-8-6-20(28-21(18)32)31-7-2-3-19(31)16-11-15(25)4-5-17(16)24/h4-6,8,11-12,14,19H,2-3,7,9-10,13H2,1H3,(H,27,33)(H,34,35). The van der Waals surface area contributed by atoms with E-state index in [4.69, 9.17) is 16.6 Å². The van der Waals surface area contributed by atoms with Crippen molar-refractivity contribution in [1.82, 2.24) is 24.4 Å². The number of carbonyl (C=O) groups is 2. The van der Waals surface area contributed by atoms with Crippen LogP contribution in [0.2, 0.25) is 5.02 Å². The highest BCUT2D eigenvalue weighted by atomic mass is 35.5. The van der Waals surface area contributed by atoms with E-state index in [2.05, 4.69) is 15.3 Å². The Kier molecular flexibility index (Phi) is 6.10. The average Bonchev–Trinajstić information content (AvgIpc) is 3.47. The lowest BCUT2D eigenvalue weighted by Gasteiger charge is -2.38. The minimum Gasteiger partial charge on any atom is -0.465 e. The summed E-state index contributed by atoms with van der Waals surface area (Å²) in [7, 11) is 0. The Labute approximate surface area is 205 Å². The first-order valence-electron chi connectivity index (χ1n) is 11.4. The highest BCUT2D eigenvalue weighted by molar-refractivity contribution is 6.31. The van der Waals surface area contributed by atoms with Crippen LogP contribution in [0.3, 0.4) is 0 Å². The van der Waals surface area contributed by atoms with Crippen LogP contribution in [0, 0.1) is 5.82 Å². The molecule has 184 valence electrons. The summed E-state index contributed by atoms with van der Waals surface area (Å²) in [5.74, 6) is 0.346. The Balaban J connectivity index is 1.37. The van der Waals surface area contributed by atoms with Crippen molar-refractivity contribution in [1.29, 1.82) is 0 Å². The van der Waals surface area contributed by atoms with Gasteiger partial charge in [-0.3, -0.25) is 0 Å². The van der Waals surface area contributed by atoms with E-state index in [1.165, 1.54) is 23.2 Å². The first-order valence-corrected chi connectivity index (χ1v) is 11.8. The molecule has 2 aliphatic heterocycles. The summed E-state index contributed by atoms with van der Waals surface area (Å²) in [5, 5.41) is 16.9. The molecular weight excluding hydrogens is 477 g/mol. The van der Waals surface area contributed by atoms with E-state index in [9.17, 15) is 19.1 Å². The smallest absolute Gasteiger partial charge is 0.407 e. The molecule has 2 unspecified atom stereocenters. The number of benzene rings is 1. The number of hydrogen-bond acceptors (Lipinski definition) is 5. The SMILES string of the molecule is CC1CN(C(=O)Nc2cnn3ccc(N4CCCC4c4cc(F)ccc4Cl)nc23)CCN1C(=O)O. The molecule has 2 N–H and O–H groups in total. The van der Waals surface area contributed by atoms with Gasteiger partial charge in [-0.25, -0.2) is 23.5 Å². The number of amides is 3. The van der Waals surface area contributed by atoms with Gasteiger partial charge in [0.25, 0.3) is 0 Å². The van der Waals surface area contributed by atoms with Crippen LogP contribution in [-0.4, -0.2) is 73.8 Å². The van der Waals surface area contributed by atoms with E-state index in [0.717, 1.165) is 24.9 Å². The Morgan fingerprint density at radius 3 is 2.83 bits per heavy atom. The monoisotopic (exact) mass is 501 g/mol. The fourth-order valence-electron chi connectivity index (χ4n) is 4.86. The van der Waals surface area contributed by atoms with E-state index in [0.29, 0.717) is 35.3 Å². The van der Waals surface area contributed by atoms with Crippen molar-refractivity contribution >= 4 is 40.9 Å². The minimum atomic E-state index is -0.989. The second-order valence-corrected chi connectivity index (χ2v) is 9.24. The molecular formula is C23H25ClFN7O3. The van der Waals surface area contributed by atoms with Crippen LogP contribution in [0.4, 0.5) is 25.5 Å². The first kappa shape index (κ1) is 23.2. The third-order valence-electron chi connectivity index (χ3n) is 6.62. The summed E-state index contributed by atoms with van der Waals surface area (Å²) in [6.45, 7) is 3.35. The van der Waals surface area contributed by atoms with Gasteiger partial charge in [-0.05, 0) is 49.6 Å². The number of carbonyl (C=O) groups excluding carboxylic acids is 1. The van der Waals surface area contributed by atoms with Gasteiger partial charge in [-0.15, -0.1) is 0 Å². The summed E-state index contributed by atoms with van der Waals surface area (Å²) in [6.07, 6.45) is 4.04. The molecule has 3 aromatic rings. The number of fused-ring (bicyclic) bond motifs is 1. The predicted octanol–water partition coefficient (Wildman–Crippen LogP) is 4.08. The fraction of sp³-hybridized carbons (Fsp3) is 0.391. The van der Waals surface area contributed by atoms with Crippen LogP contribution in [0.25, 0.3) is 5.65 Å². The van der Waals surface area contributed by atoms with E-state index < -0.39 is 6.09 Å². The zero-order chi connectivity index (χ0) is 24.7. The normalized spacial score (nSPS) is 20.5. The van der Waals surface area contributed by atoms with Crippen molar-refractivity contribution in [3.05, 3.63) is 53.1 Å². The van der Waals surface area contributed by atoms with E-state index in [-0.39, 0.29) is 30.5 Å². The maximum absolute atomic E-state index is 13.9. The molecule has 0 aliphatic carbocycles. The first-order chi connectivity index (χ1) is 16.8. The number of halogens is 2. The van der Waals surface area contributed by atoms with E-state index >= 15 is 0 Å². The molecule has 2 saturated heterocycles. The number of aromatic nitrogens is 3. The van der Waals surface area contributed by atoms with E-state index in [1.54, 1.807) is 28.6 Å². The van der Waals surface area contributed by atoms with Gasteiger partial charge >= 0.3 is 12.1 Å². The van der Waals surface area contributed by atoms with Crippen LogP contribution < -0.4 is 10.2 Å². The van der Waals surface area contributed by atoms with Crippen LogP contribution in [0.15, 0.2) is 36.7 Å². The van der Waals surface area contributed by atoms with Crippen molar-refractivity contribution < 1.29 is 19.1 Å². The molecule has 0 saturated carbocycles. The van der Waals surface area contributed by atoms with Crippen molar-refractivity contribution in [3.63, 3.8) is 0 Å². The van der Waals surface area contributed by atoms with Crippen LogP contribution in [0.1, 0.15) is 31.4 Å². The molecule has 0 radical (unpaired) electrons. The number of carboxylic acid groups (broad SMARTS) is 1. The summed E-state index contributed by atoms with van der Waals surface area (Å²) in [4.78, 5) is 34.0. The van der Waals surface area contributed by atoms with Crippen LogP contribution in [0.5, 0.6) is 0 Å². The molecule has 12 heteroatoms. The van der Waals surface area contributed by atoms with Gasteiger partial charge in [-0.2, -0.15) is 5.10 Å². The molecule has 0 spiro atoms. The molecule has 35 heavy (non-hydrogen) atoms. The Bertz CT molecular complexity index is 1290. The zero-order valence-corrected chi connectivity index (χ0v) is 19.8. The number of anilines is 2. The van der Waals surface area contributed by atoms with Crippen LogP contribution >= 0.6 is 11.6 Å². The molecule has 2 aliphatic rings. The number of piperazine rings is 1. The van der Waals surface area contributed by atoms with Gasteiger partial charge in [0.1, 0.15) is 17.3 Å². The Morgan fingerprint density at radius 1 is 1.23 bits per heavy atom. The van der Waals surface area contributed by atoms with Crippen LogP contribution in [-0.2, 0) is 0 Å². The van der Waals surface area contributed by atoms with Crippen molar-refractivity contribution in [3.8, 4) is 0 Å². The molecule has 10 nitrogen and oxygen atoms in total. The van der Waals surface area contributed by atoms with Gasteiger partial charge < -0.3 is 25.1 Å². The minimum absolute atomic E-state index is 0.110. The Hall–Kier alpha value is -3.60. The number of rotatable bonds is 3. The van der Waals surface area contributed by atoms with Crippen molar-refractivity contribution in [2.24, 2.45) is 0 Å². The second-order valence-electron chi connectivity index (χ2n) is 8.83. The highest BCUT2D eigenvalue weighted by Crippen LogP contribution is 2.38. The van der Waals surface area contributed by atoms with Gasteiger partial charge in [-0.1, -0.05) is 11.6 Å². The number of nitrogens with one attached hydrogen (secondary N) is 1.